The standard InChI is InChI=1S/C18H22N4O4/c1-4-9-22-12(3)16(11(2)21-22)18(26)20-14-7-5-13(6-8-14)17(25)19-10-15(23)24/h5-8H,4,9-10H2,1-3H3,(H,19,25)(H,20,26)(H,23,24). The van der Waals surface area contributed by atoms with Gasteiger partial charge in [-0.25, -0.2) is 0 Å². The second kappa shape index (κ2) is 8.28. The van der Waals surface area contributed by atoms with Crippen LogP contribution < -0.4 is 10.6 Å². The van der Waals surface area contributed by atoms with E-state index in [1.807, 2.05) is 18.5 Å². The smallest absolute Gasteiger partial charge is 0.322 e. The molecule has 2 amide bonds. The predicted octanol–water partition coefficient (Wildman–Crippen LogP) is 1.98. The first-order valence-corrected chi connectivity index (χ1v) is 8.29. The molecule has 8 nitrogen and oxygen atoms in total. The van der Waals surface area contributed by atoms with E-state index in [2.05, 4.69) is 15.7 Å². The minimum Gasteiger partial charge on any atom is -0.480 e. The first-order valence-electron chi connectivity index (χ1n) is 8.29. The fourth-order valence-electron chi connectivity index (χ4n) is 2.61. The number of nitrogens with one attached hydrogen (secondary N) is 2. The van der Waals surface area contributed by atoms with E-state index in [0.717, 1.165) is 18.7 Å². The molecule has 138 valence electrons. The monoisotopic (exact) mass is 358 g/mol. The molecular weight excluding hydrogens is 336 g/mol. The van der Waals surface area contributed by atoms with Gasteiger partial charge < -0.3 is 15.7 Å². The van der Waals surface area contributed by atoms with E-state index in [1.54, 1.807) is 19.1 Å². The van der Waals surface area contributed by atoms with Gasteiger partial charge in [0.25, 0.3) is 11.8 Å². The van der Waals surface area contributed by atoms with Crippen molar-refractivity contribution in [3.8, 4) is 0 Å². The van der Waals surface area contributed by atoms with E-state index in [1.165, 1.54) is 12.1 Å². The van der Waals surface area contributed by atoms with Gasteiger partial charge in [0, 0.05) is 23.5 Å². The number of amides is 2. The molecule has 2 aromatic rings. The van der Waals surface area contributed by atoms with Gasteiger partial charge in [0.05, 0.1) is 11.3 Å². The third-order valence-electron chi connectivity index (χ3n) is 3.85. The Morgan fingerprint density at radius 3 is 2.35 bits per heavy atom. The van der Waals surface area contributed by atoms with Crippen molar-refractivity contribution in [2.45, 2.75) is 33.7 Å². The van der Waals surface area contributed by atoms with Crippen molar-refractivity contribution in [3.05, 3.63) is 46.8 Å². The molecule has 1 aromatic heterocycles. The third kappa shape index (κ3) is 4.47. The summed E-state index contributed by atoms with van der Waals surface area (Å²) in [7, 11) is 0. The van der Waals surface area contributed by atoms with Crippen LogP contribution in [0.15, 0.2) is 24.3 Å². The zero-order chi connectivity index (χ0) is 19.3. The van der Waals surface area contributed by atoms with Gasteiger partial charge in [-0.3, -0.25) is 19.1 Å². The van der Waals surface area contributed by atoms with Crippen LogP contribution >= 0.6 is 0 Å². The number of benzene rings is 1. The molecule has 0 unspecified atom stereocenters. The maximum atomic E-state index is 12.6. The van der Waals surface area contributed by atoms with Gasteiger partial charge >= 0.3 is 5.97 Å². The number of carbonyl (C=O) groups is 3. The summed E-state index contributed by atoms with van der Waals surface area (Å²) in [5.41, 5.74) is 2.87. The van der Waals surface area contributed by atoms with E-state index in [0.29, 0.717) is 22.5 Å². The van der Waals surface area contributed by atoms with Gasteiger partial charge in [0.15, 0.2) is 0 Å². The van der Waals surface area contributed by atoms with Gasteiger partial charge in [-0.2, -0.15) is 5.10 Å². The molecule has 0 saturated carbocycles. The Hall–Kier alpha value is -3.16. The van der Waals surface area contributed by atoms with E-state index in [9.17, 15) is 14.4 Å². The molecule has 26 heavy (non-hydrogen) atoms. The highest BCUT2D eigenvalue weighted by atomic mass is 16.4. The highest BCUT2D eigenvalue weighted by molar-refractivity contribution is 6.06. The third-order valence-corrected chi connectivity index (χ3v) is 3.85. The summed E-state index contributed by atoms with van der Waals surface area (Å²) in [6.07, 6.45) is 0.925. The average molecular weight is 358 g/mol. The number of aryl methyl sites for hydroxylation is 2. The molecule has 1 aromatic carbocycles. The SMILES string of the molecule is CCCn1nc(C)c(C(=O)Nc2ccc(C(=O)NCC(=O)O)cc2)c1C. The van der Waals surface area contributed by atoms with Gasteiger partial charge in [-0.05, 0) is 44.5 Å². The minimum absolute atomic E-state index is 0.259. The number of carboxylic acid groups (broad SMARTS) is 1. The molecule has 3 N–H and O–H groups in total. The Bertz CT molecular complexity index is 824. The summed E-state index contributed by atoms with van der Waals surface area (Å²) in [5.74, 6) is -1.86. The van der Waals surface area contributed by atoms with Crippen molar-refractivity contribution in [2.24, 2.45) is 0 Å². The largest absolute Gasteiger partial charge is 0.480 e. The van der Waals surface area contributed by atoms with Crippen molar-refractivity contribution in [2.75, 3.05) is 11.9 Å². The van der Waals surface area contributed by atoms with E-state index in [4.69, 9.17) is 5.11 Å². The van der Waals surface area contributed by atoms with Crippen LogP contribution in [-0.2, 0) is 11.3 Å². The topological polar surface area (TPSA) is 113 Å². The zero-order valence-corrected chi connectivity index (χ0v) is 15.0. The molecule has 0 radical (unpaired) electrons. The summed E-state index contributed by atoms with van der Waals surface area (Å²) < 4.78 is 1.82. The Kier molecular flexibility index (Phi) is 6.11. The van der Waals surface area contributed by atoms with E-state index in [-0.39, 0.29) is 5.91 Å². The van der Waals surface area contributed by atoms with Crippen LogP contribution in [0.3, 0.4) is 0 Å². The summed E-state index contributed by atoms with van der Waals surface area (Å²) >= 11 is 0. The van der Waals surface area contributed by atoms with Crippen molar-refractivity contribution >= 4 is 23.5 Å². The quantitative estimate of drug-likeness (QED) is 0.700. The molecule has 0 fully saturated rings. The highest BCUT2D eigenvalue weighted by Gasteiger charge is 2.18. The van der Waals surface area contributed by atoms with Crippen LogP contribution in [0, 0.1) is 13.8 Å². The first-order chi connectivity index (χ1) is 12.3. The lowest BCUT2D eigenvalue weighted by Gasteiger charge is -2.08. The van der Waals surface area contributed by atoms with Crippen LogP contribution in [0.1, 0.15) is 45.4 Å². The van der Waals surface area contributed by atoms with Crippen LogP contribution in [0.2, 0.25) is 0 Å². The van der Waals surface area contributed by atoms with Crippen molar-refractivity contribution in [1.29, 1.82) is 0 Å². The minimum atomic E-state index is -1.11. The maximum absolute atomic E-state index is 12.6. The number of aromatic nitrogens is 2. The number of anilines is 1. The van der Waals surface area contributed by atoms with Crippen LogP contribution in [-0.4, -0.2) is 39.2 Å². The van der Waals surface area contributed by atoms with Crippen LogP contribution in [0.25, 0.3) is 0 Å². The fourth-order valence-corrected chi connectivity index (χ4v) is 2.61. The molecule has 0 aliphatic carbocycles. The summed E-state index contributed by atoms with van der Waals surface area (Å²) in [5, 5.41) is 18.0. The molecule has 0 atom stereocenters. The molecular formula is C18H22N4O4. The summed E-state index contributed by atoms with van der Waals surface area (Å²) in [4.78, 5) is 34.8. The Balaban J connectivity index is 2.08. The molecule has 2 rings (SSSR count). The Morgan fingerprint density at radius 1 is 1.12 bits per heavy atom. The van der Waals surface area contributed by atoms with Crippen LogP contribution in [0.5, 0.6) is 0 Å². The van der Waals surface area contributed by atoms with Crippen LogP contribution in [0.4, 0.5) is 5.69 Å². The summed E-state index contributed by atoms with van der Waals surface area (Å²) in [6.45, 7) is 6.01. The average Bonchev–Trinajstić information content (AvgIpc) is 2.87. The van der Waals surface area contributed by atoms with E-state index < -0.39 is 18.4 Å². The number of carboxylic acids is 1. The Morgan fingerprint density at radius 2 is 1.77 bits per heavy atom. The molecule has 0 spiro atoms. The maximum Gasteiger partial charge on any atom is 0.322 e. The number of nitrogens with zero attached hydrogens (tertiary/aromatic N) is 2. The van der Waals surface area contributed by atoms with Crippen molar-refractivity contribution in [3.63, 3.8) is 0 Å². The highest BCUT2D eigenvalue weighted by Crippen LogP contribution is 2.17. The number of carbonyl (C=O) groups excluding carboxylic acids is 2. The number of hydrogen-bond acceptors (Lipinski definition) is 4. The van der Waals surface area contributed by atoms with Gasteiger partial charge in [0.2, 0.25) is 0 Å². The molecule has 8 heteroatoms. The molecule has 0 aliphatic rings. The Labute approximate surface area is 151 Å². The lowest BCUT2D eigenvalue weighted by atomic mass is 10.1. The number of hydrogen-bond donors (Lipinski definition) is 3. The molecule has 0 bridgehead atoms. The predicted molar refractivity (Wildman–Crippen MR) is 96.4 cm³/mol. The van der Waals surface area contributed by atoms with Crippen molar-refractivity contribution < 1.29 is 19.5 Å². The van der Waals surface area contributed by atoms with Gasteiger partial charge in [-0.1, -0.05) is 6.92 Å². The lowest BCUT2D eigenvalue weighted by molar-refractivity contribution is -0.135. The zero-order valence-electron chi connectivity index (χ0n) is 15.0. The first kappa shape index (κ1) is 19.2. The van der Waals surface area contributed by atoms with E-state index >= 15 is 0 Å². The number of aliphatic carboxylic acids is 1. The molecule has 0 saturated heterocycles. The van der Waals surface area contributed by atoms with Gasteiger partial charge in [0.1, 0.15) is 6.54 Å². The molecule has 1 heterocycles. The second-order valence-corrected chi connectivity index (χ2v) is 5.88. The number of rotatable bonds is 7. The normalized spacial score (nSPS) is 10.4. The summed E-state index contributed by atoms with van der Waals surface area (Å²) in [6, 6.07) is 6.23. The molecule has 0 aliphatic heterocycles. The van der Waals surface area contributed by atoms with Crippen molar-refractivity contribution in [1.82, 2.24) is 15.1 Å². The lowest BCUT2D eigenvalue weighted by Crippen LogP contribution is -2.29. The van der Waals surface area contributed by atoms with Gasteiger partial charge in [-0.15, -0.1) is 0 Å². The fraction of sp³-hybridized carbons (Fsp3) is 0.333. The second-order valence-electron chi connectivity index (χ2n) is 5.88.